The maximum absolute atomic E-state index is 4.78. The number of benzene rings is 3. The summed E-state index contributed by atoms with van der Waals surface area (Å²) in [6.45, 7) is 7.37. The quantitative estimate of drug-likeness (QED) is 0.147. The first-order chi connectivity index (χ1) is 28.6. The Bertz CT molecular complexity index is 2550. The van der Waals surface area contributed by atoms with E-state index in [1.807, 2.05) is 39.9 Å². The largest absolute Gasteiger partial charge is 0.303 e. The van der Waals surface area contributed by atoms with Gasteiger partial charge in [0, 0.05) is 66.3 Å². The molecule has 58 heavy (non-hydrogen) atoms. The van der Waals surface area contributed by atoms with Gasteiger partial charge in [0.05, 0.1) is 22.6 Å². The molecule has 7 heterocycles. The average Bonchev–Trinajstić information content (AvgIpc) is 4.07. The maximum atomic E-state index is 4.78. The van der Waals surface area contributed by atoms with Crippen molar-refractivity contribution < 1.29 is 0 Å². The van der Waals surface area contributed by atoms with Gasteiger partial charge in [0.15, 0.2) is 11.3 Å². The summed E-state index contributed by atoms with van der Waals surface area (Å²) < 4.78 is 4.60. The van der Waals surface area contributed by atoms with Gasteiger partial charge in [0.1, 0.15) is 0 Å². The Morgan fingerprint density at radius 2 is 1.09 bits per heavy atom. The van der Waals surface area contributed by atoms with E-state index >= 15 is 0 Å². The zero-order chi connectivity index (χ0) is 39.1. The third-order valence-electron chi connectivity index (χ3n) is 11.6. The SMILES string of the molecule is Brc1cnn2cc(-c3ccc(CCN4CCCCC4)cc3)cnc12.c1cc(-c2ccn[nH]2)cc(-c2cnn3cc(-c4ccc(CCN5CCCCC5)cc4)cnc23)c1. The highest BCUT2D eigenvalue weighted by Gasteiger charge is 2.13. The van der Waals surface area contributed by atoms with Crippen molar-refractivity contribution in [1.82, 2.24) is 49.2 Å². The molecule has 0 aliphatic carbocycles. The number of aromatic amines is 1. The van der Waals surface area contributed by atoms with Gasteiger partial charge >= 0.3 is 0 Å². The summed E-state index contributed by atoms with van der Waals surface area (Å²) in [4.78, 5) is 14.4. The average molecular weight is 834 g/mol. The molecule has 0 unspecified atom stereocenters. The number of nitrogens with one attached hydrogen (secondary N) is 1. The number of fused-ring (bicyclic) bond motifs is 2. The summed E-state index contributed by atoms with van der Waals surface area (Å²) in [6, 6.07) is 28.1. The maximum Gasteiger partial charge on any atom is 0.169 e. The number of nitrogens with zero attached hydrogens (tertiary/aromatic N) is 9. The van der Waals surface area contributed by atoms with Crippen molar-refractivity contribution in [3.63, 3.8) is 0 Å². The van der Waals surface area contributed by atoms with Crippen LogP contribution in [0, 0.1) is 0 Å². The number of piperidine rings is 2. The molecule has 294 valence electrons. The first-order valence-corrected chi connectivity index (χ1v) is 21.5. The first-order valence-electron chi connectivity index (χ1n) is 20.7. The van der Waals surface area contributed by atoms with Crippen LogP contribution in [-0.2, 0) is 12.8 Å². The Morgan fingerprint density at radius 3 is 1.67 bits per heavy atom. The Balaban J connectivity index is 0.000000160. The molecule has 10 rings (SSSR count). The molecule has 0 amide bonds. The highest BCUT2D eigenvalue weighted by atomic mass is 79.9. The molecule has 0 spiro atoms. The summed E-state index contributed by atoms with van der Waals surface area (Å²) in [7, 11) is 0. The van der Waals surface area contributed by atoms with Gasteiger partial charge in [-0.15, -0.1) is 0 Å². The van der Waals surface area contributed by atoms with Gasteiger partial charge in [-0.1, -0.05) is 79.6 Å². The minimum Gasteiger partial charge on any atom is -0.303 e. The topological polar surface area (TPSA) is 95.5 Å². The summed E-state index contributed by atoms with van der Waals surface area (Å²) >= 11 is 3.46. The van der Waals surface area contributed by atoms with E-state index in [0.29, 0.717) is 0 Å². The van der Waals surface area contributed by atoms with Crippen LogP contribution in [-0.4, -0.2) is 88.5 Å². The van der Waals surface area contributed by atoms with Crippen LogP contribution in [0.15, 0.2) is 127 Å². The van der Waals surface area contributed by atoms with Crippen molar-refractivity contribution in [2.45, 2.75) is 51.4 Å². The first kappa shape index (κ1) is 38.1. The Labute approximate surface area is 348 Å². The van der Waals surface area contributed by atoms with Crippen molar-refractivity contribution in [2.24, 2.45) is 0 Å². The third-order valence-corrected chi connectivity index (χ3v) is 12.1. The van der Waals surface area contributed by atoms with E-state index in [9.17, 15) is 0 Å². The van der Waals surface area contributed by atoms with E-state index < -0.39 is 0 Å². The van der Waals surface area contributed by atoms with Crippen molar-refractivity contribution in [3.8, 4) is 44.6 Å². The van der Waals surface area contributed by atoms with E-state index in [1.54, 1.807) is 12.4 Å². The monoisotopic (exact) mass is 832 g/mol. The normalized spacial score (nSPS) is 15.1. The van der Waals surface area contributed by atoms with Crippen LogP contribution in [0.4, 0.5) is 0 Å². The summed E-state index contributed by atoms with van der Waals surface area (Å²) in [5.74, 6) is 0. The lowest BCUT2D eigenvalue weighted by Gasteiger charge is -2.26. The zero-order valence-corrected chi connectivity index (χ0v) is 34.4. The molecule has 1 N–H and O–H groups in total. The molecule has 3 aromatic carbocycles. The fourth-order valence-electron chi connectivity index (χ4n) is 8.16. The van der Waals surface area contributed by atoms with Crippen molar-refractivity contribution in [2.75, 3.05) is 39.3 Å². The number of hydrogen-bond donors (Lipinski definition) is 1. The van der Waals surface area contributed by atoms with Crippen LogP contribution in [0.2, 0.25) is 0 Å². The molecule has 0 atom stereocenters. The standard InChI is InChI=1S/C28H28N6.C19H21BrN4/c1-2-14-33(15-3-1)16-12-21-7-9-22(10-8-21)25-18-29-28-26(19-31-34(28)20-25)23-5-4-6-24(17-23)27-11-13-30-32-27;20-18-13-22-24-14-17(12-21-19(18)24)16-6-4-15(5-7-16)8-11-23-9-2-1-3-10-23/h4-11,13,17-20H,1-3,12,14-16H2,(H,30,32);4-7,12-14H,1-3,8-11H2. The van der Waals surface area contributed by atoms with E-state index in [-0.39, 0.29) is 0 Å². The molecule has 10 nitrogen and oxygen atoms in total. The summed E-state index contributed by atoms with van der Waals surface area (Å²) in [5, 5.41) is 16.0. The molecule has 8 aromatic rings. The van der Waals surface area contributed by atoms with Crippen LogP contribution in [0.25, 0.3) is 55.9 Å². The smallest absolute Gasteiger partial charge is 0.169 e. The molecular formula is C47H49BrN10. The Kier molecular flexibility index (Phi) is 11.8. The van der Waals surface area contributed by atoms with Gasteiger partial charge in [-0.3, -0.25) is 5.10 Å². The molecule has 2 aliphatic heterocycles. The number of aromatic nitrogens is 8. The molecule has 0 bridgehead atoms. The van der Waals surface area contributed by atoms with E-state index in [4.69, 9.17) is 4.98 Å². The molecule has 2 fully saturated rings. The molecule has 5 aromatic heterocycles. The minimum atomic E-state index is 0.844. The summed E-state index contributed by atoms with van der Waals surface area (Å²) in [6.07, 6.45) is 23.8. The van der Waals surface area contributed by atoms with Crippen LogP contribution >= 0.6 is 15.9 Å². The van der Waals surface area contributed by atoms with Crippen molar-refractivity contribution in [1.29, 1.82) is 0 Å². The highest BCUT2D eigenvalue weighted by molar-refractivity contribution is 9.10. The van der Waals surface area contributed by atoms with E-state index in [0.717, 1.165) is 74.2 Å². The number of hydrogen-bond acceptors (Lipinski definition) is 7. The van der Waals surface area contributed by atoms with Crippen LogP contribution in [0.1, 0.15) is 49.7 Å². The fourth-order valence-corrected chi connectivity index (χ4v) is 8.54. The second kappa shape index (κ2) is 18.0. The van der Waals surface area contributed by atoms with Gasteiger partial charge in [-0.05, 0) is 121 Å². The second-order valence-corrected chi connectivity index (χ2v) is 16.4. The van der Waals surface area contributed by atoms with Gasteiger partial charge in [0.25, 0.3) is 0 Å². The van der Waals surface area contributed by atoms with Crippen molar-refractivity contribution in [3.05, 3.63) is 138 Å². The highest BCUT2D eigenvalue weighted by Crippen LogP contribution is 2.29. The fraction of sp³-hybridized carbons (Fsp3) is 0.298. The van der Waals surface area contributed by atoms with Gasteiger partial charge < -0.3 is 9.80 Å². The molecule has 0 radical (unpaired) electrons. The molecular weight excluding hydrogens is 784 g/mol. The molecule has 11 heteroatoms. The predicted octanol–water partition coefficient (Wildman–Crippen LogP) is 9.67. The number of rotatable bonds is 10. The minimum absolute atomic E-state index is 0.844. The van der Waals surface area contributed by atoms with Crippen LogP contribution < -0.4 is 0 Å². The Morgan fingerprint density at radius 1 is 0.534 bits per heavy atom. The third kappa shape index (κ3) is 8.97. The van der Waals surface area contributed by atoms with E-state index in [1.165, 1.54) is 87.9 Å². The van der Waals surface area contributed by atoms with Gasteiger partial charge in [-0.2, -0.15) is 15.3 Å². The number of likely N-dealkylation sites (tertiary alicyclic amines) is 2. The second-order valence-electron chi connectivity index (χ2n) is 15.5. The lowest BCUT2D eigenvalue weighted by Crippen LogP contribution is -2.31. The zero-order valence-electron chi connectivity index (χ0n) is 32.8. The molecule has 2 saturated heterocycles. The summed E-state index contributed by atoms with van der Waals surface area (Å²) in [5.41, 5.74) is 13.2. The molecule has 2 aliphatic rings. The van der Waals surface area contributed by atoms with Crippen LogP contribution in [0.5, 0.6) is 0 Å². The molecule has 0 saturated carbocycles. The number of halogens is 1. The Hall–Kier alpha value is -5.49. The van der Waals surface area contributed by atoms with E-state index in [2.05, 4.69) is 130 Å². The predicted molar refractivity (Wildman–Crippen MR) is 236 cm³/mol. The van der Waals surface area contributed by atoms with Crippen molar-refractivity contribution >= 4 is 27.2 Å². The van der Waals surface area contributed by atoms with Gasteiger partial charge in [-0.25, -0.2) is 19.0 Å². The lowest BCUT2D eigenvalue weighted by atomic mass is 10.0. The van der Waals surface area contributed by atoms with Gasteiger partial charge in [0.2, 0.25) is 0 Å². The number of H-pyrrole nitrogens is 1. The lowest BCUT2D eigenvalue weighted by molar-refractivity contribution is 0.231. The van der Waals surface area contributed by atoms with Crippen LogP contribution in [0.3, 0.4) is 0 Å².